The molecule has 3 aromatic rings. The SMILES string of the molecule is COc1ccc(C2=NCC(=O)Nc3c2cc(-c2c(OC)cccc2OC)c(OC)c3C)cc1. The largest absolute Gasteiger partial charge is 0.497 e. The van der Waals surface area contributed by atoms with Crippen molar-refractivity contribution in [2.75, 3.05) is 40.3 Å². The molecular formula is C26H26N2O5. The Balaban J connectivity index is 2.03. The fraction of sp³-hybridized carbons (Fsp3) is 0.231. The zero-order valence-corrected chi connectivity index (χ0v) is 19.3. The molecule has 0 saturated carbocycles. The van der Waals surface area contributed by atoms with Gasteiger partial charge in [0, 0.05) is 22.3 Å². The smallest absolute Gasteiger partial charge is 0.246 e. The number of benzene rings is 3. The Morgan fingerprint density at radius 2 is 1.52 bits per heavy atom. The third-order valence-electron chi connectivity index (χ3n) is 5.68. The van der Waals surface area contributed by atoms with Crippen molar-refractivity contribution < 1.29 is 23.7 Å². The van der Waals surface area contributed by atoms with Gasteiger partial charge in [-0.15, -0.1) is 0 Å². The molecule has 1 amide bonds. The first-order valence-electron chi connectivity index (χ1n) is 10.4. The third kappa shape index (κ3) is 3.98. The van der Waals surface area contributed by atoms with Crippen LogP contribution in [0.1, 0.15) is 16.7 Å². The van der Waals surface area contributed by atoms with Gasteiger partial charge in [-0.25, -0.2) is 0 Å². The van der Waals surface area contributed by atoms with Crippen LogP contribution in [0.4, 0.5) is 5.69 Å². The maximum Gasteiger partial charge on any atom is 0.246 e. The van der Waals surface area contributed by atoms with Crippen molar-refractivity contribution in [2.24, 2.45) is 4.99 Å². The van der Waals surface area contributed by atoms with E-state index in [1.807, 2.05) is 55.5 Å². The van der Waals surface area contributed by atoms with Crippen LogP contribution in [0.3, 0.4) is 0 Å². The first-order valence-corrected chi connectivity index (χ1v) is 10.4. The minimum absolute atomic E-state index is 0.0190. The summed E-state index contributed by atoms with van der Waals surface area (Å²) in [7, 11) is 6.47. The number of hydrogen-bond acceptors (Lipinski definition) is 6. The van der Waals surface area contributed by atoms with E-state index in [4.69, 9.17) is 18.9 Å². The van der Waals surface area contributed by atoms with Crippen molar-refractivity contribution in [3.63, 3.8) is 0 Å². The molecule has 0 unspecified atom stereocenters. The fourth-order valence-electron chi connectivity index (χ4n) is 4.12. The number of rotatable bonds is 6. The minimum Gasteiger partial charge on any atom is -0.497 e. The van der Waals surface area contributed by atoms with E-state index < -0.39 is 0 Å². The van der Waals surface area contributed by atoms with Gasteiger partial charge in [0.05, 0.1) is 45.4 Å². The van der Waals surface area contributed by atoms with E-state index in [-0.39, 0.29) is 12.5 Å². The maximum absolute atomic E-state index is 12.5. The van der Waals surface area contributed by atoms with Gasteiger partial charge in [-0.05, 0) is 49.4 Å². The van der Waals surface area contributed by atoms with Crippen LogP contribution >= 0.6 is 0 Å². The number of hydrogen-bond donors (Lipinski definition) is 1. The quantitative estimate of drug-likeness (QED) is 0.604. The molecule has 0 radical (unpaired) electrons. The highest BCUT2D eigenvalue weighted by molar-refractivity contribution is 6.20. The predicted molar refractivity (Wildman–Crippen MR) is 128 cm³/mol. The van der Waals surface area contributed by atoms with Crippen LogP contribution in [-0.2, 0) is 4.79 Å². The summed E-state index contributed by atoms with van der Waals surface area (Å²) in [6.07, 6.45) is 0. The Kier molecular flexibility index (Phi) is 6.22. The molecule has 1 aliphatic heterocycles. The number of aliphatic imine (C=N–C) groups is 1. The summed E-state index contributed by atoms with van der Waals surface area (Å²) in [5, 5.41) is 3.00. The summed E-state index contributed by atoms with van der Waals surface area (Å²) in [5.74, 6) is 2.47. The van der Waals surface area contributed by atoms with Crippen molar-refractivity contribution in [3.05, 3.63) is 65.2 Å². The summed E-state index contributed by atoms with van der Waals surface area (Å²) in [6.45, 7) is 1.94. The van der Waals surface area contributed by atoms with Crippen LogP contribution < -0.4 is 24.3 Å². The molecule has 170 valence electrons. The summed E-state index contributed by atoms with van der Waals surface area (Å²) in [4.78, 5) is 17.2. The number of benzodiazepines with no additional fused rings is 1. The number of carbonyl (C=O) groups excluding carboxylic acids is 1. The van der Waals surface area contributed by atoms with Crippen LogP contribution in [0.25, 0.3) is 11.1 Å². The van der Waals surface area contributed by atoms with E-state index >= 15 is 0 Å². The molecule has 1 aliphatic rings. The van der Waals surface area contributed by atoms with E-state index in [9.17, 15) is 4.79 Å². The van der Waals surface area contributed by atoms with Crippen LogP contribution in [0.15, 0.2) is 53.5 Å². The van der Waals surface area contributed by atoms with Crippen LogP contribution in [0.2, 0.25) is 0 Å². The number of carbonyl (C=O) groups is 1. The van der Waals surface area contributed by atoms with Gasteiger partial charge in [0.15, 0.2) is 0 Å². The van der Waals surface area contributed by atoms with E-state index in [0.717, 1.165) is 33.6 Å². The molecule has 1 N–H and O–H groups in total. The lowest BCUT2D eigenvalue weighted by Gasteiger charge is -2.22. The predicted octanol–water partition coefficient (Wildman–Crippen LogP) is 4.49. The van der Waals surface area contributed by atoms with Crippen molar-refractivity contribution in [1.29, 1.82) is 0 Å². The van der Waals surface area contributed by atoms with Crippen molar-refractivity contribution >= 4 is 17.3 Å². The van der Waals surface area contributed by atoms with Gasteiger partial charge in [-0.1, -0.05) is 6.07 Å². The number of methoxy groups -OCH3 is 4. The van der Waals surface area contributed by atoms with Gasteiger partial charge >= 0.3 is 0 Å². The zero-order valence-electron chi connectivity index (χ0n) is 19.3. The van der Waals surface area contributed by atoms with Gasteiger partial charge in [-0.3, -0.25) is 9.79 Å². The first-order chi connectivity index (χ1) is 16.0. The van der Waals surface area contributed by atoms with Crippen molar-refractivity contribution in [3.8, 4) is 34.1 Å². The summed E-state index contributed by atoms with van der Waals surface area (Å²) in [6, 6.07) is 15.2. The van der Waals surface area contributed by atoms with E-state index in [2.05, 4.69) is 10.3 Å². The van der Waals surface area contributed by atoms with Gasteiger partial charge in [0.25, 0.3) is 0 Å². The third-order valence-corrected chi connectivity index (χ3v) is 5.68. The molecule has 0 atom stereocenters. The molecule has 1 heterocycles. The molecule has 3 aromatic carbocycles. The number of amides is 1. The topological polar surface area (TPSA) is 78.4 Å². The molecule has 0 aromatic heterocycles. The van der Waals surface area contributed by atoms with Crippen LogP contribution in [0.5, 0.6) is 23.0 Å². The zero-order chi connectivity index (χ0) is 23.5. The molecule has 0 aliphatic carbocycles. The Hall–Kier alpha value is -4.00. The number of anilines is 1. The van der Waals surface area contributed by atoms with Crippen molar-refractivity contribution in [2.45, 2.75) is 6.92 Å². The Labute approximate surface area is 193 Å². The monoisotopic (exact) mass is 446 g/mol. The Morgan fingerprint density at radius 3 is 2.09 bits per heavy atom. The number of fused-ring (bicyclic) bond motifs is 1. The van der Waals surface area contributed by atoms with Crippen LogP contribution in [0, 0.1) is 6.92 Å². The average Bonchev–Trinajstić information content (AvgIpc) is 3.02. The number of nitrogens with zero attached hydrogens (tertiary/aromatic N) is 1. The molecule has 0 fully saturated rings. The van der Waals surface area contributed by atoms with Gasteiger partial charge in [0.1, 0.15) is 29.5 Å². The summed E-state index contributed by atoms with van der Waals surface area (Å²) < 4.78 is 22.4. The summed E-state index contributed by atoms with van der Waals surface area (Å²) >= 11 is 0. The molecule has 0 spiro atoms. The Bertz CT molecular complexity index is 1210. The van der Waals surface area contributed by atoms with Gasteiger partial charge < -0.3 is 24.3 Å². The number of nitrogens with one attached hydrogen (secondary N) is 1. The standard InChI is InChI=1S/C26H26N2O5/c1-15-24-19(25(27-14-22(29)28-24)16-9-11-17(30-2)12-10-16)13-18(26(15)33-5)23-20(31-3)7-6-8-21(23)32-4/h6-13H,14H2,1-5H3,(H,28,29). The normalized spacial score (nSPS) is 12.8. The van der Waals surface area contributed by atoms with E-state index in [1.165, 1.54) is 0 Å². The molecule has 7 heteroatoms. The molecule has 0 bridgehead atoms. The average molecular weight is 447 g/mol. The molecule has 33 heavy (non-hydrogen) atoms. The minimum atomic E-state index is -0.187. The second kappa shape index (κ2) is 9.24. The highest BCUT2D eigenvalue weighted by Gasteiger charge is 2.27. The molecular weight excluding hydrogens is 420 g/mol. The highest BCUT2D eigenvalue weighted by atomic mass is 16.5. The maximum atomic E-state index is 12.5. The second-order valence-corrected chi connectivity index (χ2v) is 7.48. The Morgan fingerprint density at radius 1 is 0.848 bits per heavy atom. The summed E-state index contributed by atoms with van der Waals surface area (Å²) in [5.41, 5.74) is 5.35. The fourth-order valence-corrected chi connectivity index (χ4v) is 4.12. The van der Waals surface area contributed by atoms with Gasteiger partial charge in [-0.2, -0.15) is 0 Å². The molecule has 0 saturated heterocycles. The van der Waals surface area contributed by atoms with E-state index in [1.54, 1.807) is 28.4 Å². The lowest BCUT2D eigenvalue weighted by Crippen LogP contribution is -2.15. The highest BCUT2D eigenvalue weighted by Crippen LogP contribution is 2.47. The van der Waals surface area contributed by atoms with Gasteiger partial charge in [0.2, 0.25) is 5.91 Å². The van der Waals surface area contributed by atoms with Crippen molar-refractivity contribution in [1.82, 2.24) is 0 Å². The second-order valence-electron chi connectivity index (χ2n) is 7.48. The molecule has 7 nitrogen and oxygen atoms in total. The van der Waals surface area contributed by atoms with E-state index in [0.29, 0.717) is 28.6 Å². The number of ether oxygens (including phenoxy) is 4. The molecule has 4 rings (SSSR count). The lowest BCUT2D eigenvalue weighted by molar-refractivity contribution is -0.114. The van der Waals surface area contributed by atoms with Crippen LogP contribution in [-0.4, -0.2) is 46.6 Å². The lowest BCUT2D eigenvalue weighted by atomic mass is 9.91. The first kappa shape index (κ1) is 22.2.